The Kier molecular flexibility index (Phi) is 5.68. The van der Waals surface area contributed by atoms with E-state index in [0.29, 0.717) is 12.2 Å². The Morgan fingerprint density at radius 1 is 1.11 bits per heavy atom. The third-order valence-corrected chi connectivity index (χ3v) is 3.82. The molecule has 0 spiro atoms. The van der Waals surface area contributed by atoms with Gasteiger partial charge in [-0.05, 0) is 12.5 Å². The van der Waals surface area contributed by atoms with Crippen molar-refractivity contribution in [2.45, 2.75) is 32.5 Å². The van der Waals surface area contributed by atoms with Crippen molar-refractivity contribution in [2.75, 3.05) is 11.9 Å². The van der Waals surface area contributed by atoms with Crippen LogP contribution in [0.2, 0.25) is 0 Å². The van der Waals surface area contributed by atoms with Gasteiger partial charge in [-0.3, -0.25) is 0 Å². The van der Waals surface area contributed by atoms with Crippen molar-refractivity contribution in [2.24, 2.45) is 0 Å². The molecule has 0 amide bonds. The van der Waals surface area contributed by atoms with Crippen LogP contribution in [0, 0.1) is 0 Å². The monoisotopic (exact) mass is 376 g/mol. The lowest BCUT2D eigenvalue weighted by molar-refractivity contribution is -0.141. The van der Waals surface area contributed by atoms with Crippen molar-refractivity contribution in [3.8, 4) is 11.3 Å². The topological polar surface area (TPSA) is 68.5 Å². The predicted octanol–water partition coefficient (Wildman–Crippen LogP) is 4.01. The van der Waals surface area contributed by atoms with Crippen LogP contribution in [0.4, 0.5) is 19.1 Å². The number of alkyl halides is 3. The van der Waals surface area contributed by atoms with E-state index in [1.165, 1.54) is 4.68 Å². The summed E-state index contributed by atoms with van der Waals surface area (Å²) in [5, 5.41) is 10.9. The summed E-state index contributed by atoms with van der Waals surface area (Å²) in [5.74, 6) is -0.0309. The summed E-state index contributed by atoms with van der Waals surface area (Å²) >= 11 is 0. The van der Waals surface area contributed by atoms with Crippen LogP contribution in [0.5, 0.6) is 0 Å². The van der Waals surface area contributed by atoms with Crippen LogP contribution < -0.4 is 5.32 Å². The smallest absolute Gasteiger partial charge is 0.354 e. The standard InChI is InChI=1S/C18H19F3N6/c1-2-3-9-22-17-23-14(10-16(24-17)18(19,20)21)11-27-12-15(25-26-27)13-7-5-4-6-8-13/h4-8,10,12H,2-3,9,11H2,1H3,(H,22,23,24). The number of rotatable bonds is 7. The van der Waals surface area contributed by atoms with Crippen LogP contribution in [0.1, 0.15) is 31.2 Å². The summed E-state index contributed by atoms with van der Waals surface area (Å²) in [6.45, 7) is 2.57. The first kappa shape index (κ1) is 18.8. The minimum Gasteiger partial charge on any atom is -0.354 e. The van der Waals surface area contributed by atoms with Gasteiger partial charge >= 0.3 is 6.18 Å². The van der Waals surface area contributed by atoms with Crippen LogP contribution in [-0.4, -0.2) is 31.5 Å². The van der Waals surface area contributed by atoms with Gasteiger partial charge in [-0.2, -0.15) is 13.2 Å². The minimum atomic E-state index is -4.55. The van der Waals surface area contributed by atoms with Crippen LogP contribution in [0.15, 0.2) is 42.6 Å². The molecule has 1 N–H and O–H groups in total. The molecule has 0 bridgehead atoms. The second kappa shape index (κ2) is 8.15. The quantitative estimate of drug-likeness (QED) is 0.631. The number of benzene rings is 1. The molecule has 1 aromatic carbocycles. The van der Waals surface area contributed by atoms with Crippen molar-refractivity contribution in [3.63, 3.8) is 0 Å². The molecular formula is C18H19F3N6. The third-order valence-electron chi connectivity index (χ3n) is 3.82. The van der Waals surface area contributed by atoms with Gasteiger partial charge in [0.1, 0.15) is 11.4 Å². The molecule has 0 saturated carbocycles. The molecule has 0 aliphatic carbocycles. The van der Waals surface area contributed by atoms with Crippen LogP contribution in [-0.2, 0) is 12.7 Å². The van der Waals surface area contributed by atoms with Crippen LogP contribution in [0.3, 0.4) is 0 Å². The molecule has 3 aromatic rings. The molecule has 0 atom stereocenters. The van der Waals surface area contributed by atoms with Gasteiger partial charge in [0.2, 0.25) is 5.95 Å². The van der Waals surface area contributed by atoms with Crippen molar-refractivity contribution >= 4 is 5.95 Å². The molecule has 3 rings (SSSR count). The Morgan fingerprint density at radius 3 is 2.59 bits per heavy atom. The highest BCUT2D eigenvalue weighted by molar-refractivity contribution is 5.57. The second-order valence-electron chi connectivity index (χ2n) is 6.01. The maximum atomic E-state index is 13.1. The van der Waals surface area contributed by atoms with Gasteiger partial charge in [-0.25, -0.2) is 14.6 Å². The highest BCUT2D eigenvalue weighted by atomic mass is 19.4. The van der Waals surface area contributed by atoms with E-state index in [1.54, 1.807) is 6.20 Å². The summed E-state index contributed by atoms with van der Waals surface area (Å²) in [4.78, 5) is 7.76. The second-order valence-corrected chi connectivity index (χ2v) is 6.01. The van der Waals surface area contributed by atoms with Gasteiger partial charge in [-0.1, -0.05) is 48.9 Å². The fourth-order valence-corrected chi connectivity index (χ4v) is 2.46. The maximum Gasteiger partial charge on any atom is 0.433 e. The van der Waals surface area contributed by atoms with Gasteiger partial charge in [0.15, 0.2) is 0 Å². The molecule has 0 saturated heterocycles. The van der Waals surface area contributed by atoms with E-state index in [0.717, 1.165) is 24.5 Å². The summed E-state index contributed by atoms with van der Waals surface area (Å²) in [6, 6.07) is 10.4. The molecule has 27 heavy (non-hydrogen) atoms. The maximum absolute atomic E-state index is 13.1. The number of aromatic nitrogens is 5. The van der Waals surface area contributed by atoms with E-state index in [4.69, 9.17) is 0 Å². The van der Waals surface area contributed by atoms with E-state index in [2.05, 4.69) is 25.6 Å². The van der Waals surface area contributed by atoms with E-state index >= 15 is 0 Å². The number of nitrogens with one attached hydrogen (secondary N) is 1. The van der Waals surface area contributed by atoms with E-state index in [9.17, 15) is 13.2 Å². The molecule has 9 heteroatoms. The molecule has 0 aliphatic rings. The molecule has 6 nitrogen and oxygen atoms in total. The summed E-state index contributed by atoms with van der Waals surface area (Å²) < 4.78 is 40.9. The summed E-state index contributed by atoms with van der Waals surface area (Å²) in [6.07, 6.45) is -1.14. The summed E-state index contributed by atoms with van der Waals surface area (Å²) in [5.41, 5.74) is 0.752. The van der Waals surface area contributed by atoms with Gasteiger partial charge in [0.05, 0.1) is 18.4 Å². The number of hydrogen-bond donors (Lipinski definition) is 1. The van der Waals surface area contributed by atoms with E-state index < -0.39 is 11.9 Å². The average molecular weight is 376 g/mol. The van der Waals surface area contributed by atoms with Crippen molar-refractivity contribution < 1.29 is 13.2 Å². The van der Waals surface area contributed by atoms with E-state index in [1.807, 2.05) is 37.3 Å². The zero-order valence-electron chi connectivity index (χ0n) is 14.7. The Labute approximate surface area is 154 Å². The average Bonchev–Trinajstić information content (AvgIpc) is 3.10. The molecule has 2 aromatic heterocycles. The lowest BCUT2D eigenvalue weighted by Crippen LogP contribution is -2.15. The number of halogens is 3. The van der Waals surface area contributed by atoms with Gasteiger partial charge < -0.3 is 5.32 Å². The third kappa shape index (κ3) is 5.02. The molecule has 2 heterocycles. The number of hydrogen-bond acceptors (Lipinski definition) is 5. The highest BCUT2D eigenvalue weighted by Gasteiger charge is 2.33. The number of unbranched alkanes of at least 4 members (excludes halogenated alkanes) is 1. The minimum absolute atomic E-state index is 0.0309. The zero-order chi connectivity index (χ0) is 19.3. The first-order valence-corrected chi connectivity index (χ1v) is 8.60. The molecule has 0 fully saturated rings. The summed E-state index contributed by atoms with van der Waals surface area (Å²) in [7, 11) is 0. The van der Waals surface area contributed by atoms with Crippen molar-refractivity contribution in [1.29, 1.82) is 0 Å². The van der Waals surface area contributed by atoms with Crippen LogP contribution in [0.25, 0.3) is 11.3 Å². The predicted molar refractivity (Wildman–Crippen MR) is 95.0 cm³/mol. The zero-order valence-corrected chi connectivity index (χ0v) is 14.7. The lowest BCUT2D eigenvalue weighted by atomic mass is 10.2. The highest BCUT2D eigenvalue weighted by Crippen LogP contribution is 2.28. The normalized spacial score (nSPS) is 11.6. The molecule has 0 radical (unpaired) electrons. The number of anilines is 1. The Balaban J connectivity index is 1.83. The Morgan fingerprint density at radius 2 is 1.89 bits per heavy atom. The molecule has 0 unspecified atom stereocenters. The lowest BCUT2D eigenvalue weighted by Gasteiger charge is -2.11. The van der Waals surface area contributed by atoms with Gasteiger partial charge in [0, 0.05) is 12.1 Å². The van der Waals surface area contributed by atoms with Crippen LogP contribution >= 0.6 is 0 Å². The molecule has 0 aliphatic heterocycles. The molecular weight excluding hydrogens is 357 g/mol. The fraction of sp³-hybridized carbons (Fsp3) is 0.333. The Bertz CT molecular complexity index is 876. The molecule has 142 valence electrons. The van der Waals surface area contributed by atoms with Crippen molar-refractivity contribution in [1.82, 2.24) is 25.0 Å². The largest absolute Gasteiger partial charge is 0.433 e. The van der Waals surface area contributed by atoms with Gasteiger partial charge in [-0.15, -0.1) is 5.10 Å². The van der Waals surface area contributed by atoms with Gasteiger partial charge in [0.25, 0.3) is 0 Å². The Hall–Kier alpha value is -2.97. The first-order valence-electron chi connectivity index (χ1n) is 8.60. The first-order chi connectivity index (χ1) is 13.0. The fourth-order valence-electron chi connectivity index (χ4n) is 2.46. The van der Waals surface area contributed by atoms with E-state index in [-0.39, 0.29) is 18.2 Å². The number of nitrogens with zero attached hydrogens (tertiary/aromatic N) is 5. The van der Waals surface area contributed by atoms with Crippen molar-refractivity contribution in [3.05, 3.63) is 54.0 Å². The SMILES string of the molecule is CCCCNc1nc(Cn2cc(-c3ccccc3)nn2)cc(C(F)(F)F)n1.